The van der Waals surface area contributed by atoms with Crippen LogP contribution in [0.1, 0.15) is 92.6 Å². The van der Waals surface area contributed by atoms with Crippen LogP contribution in [-0.2, 0) is 65.9 Å². The molecule has 0 aliphatic carbocycles. The van der Waals surface area contributed by atoms with Gasteiger partial charge >= 0.3 is 6.03 Å². The van der Waals surface area contributed by atoms with Crippen LogP contribution in [0.2, 0.25) is 0 Å². The zero-order valence-electron chi connectivity index (χ0n) is 46.0. The van der Waals surface area contributed by atoms with E-state index in [2.05, 4.69) is 36.0 Å². The minimum absolute atomic E-state index is 0.0436. The second-order valence-corrected chi connectivity index (χ2v) is 22.6. The highest BCUT2D eigenvalue weighted by Crippen LogP contribution is 2.44. The van der Waals surface area contributed by atoms with E-state index in [4.69, 9.17) is 19.3 Å². The molecule has 21 nitrogen and oxygen atoms in total. The zero-order valence-corrected chi connectivity index (χ0v) is 46.8. The van der Waals surface area contributed by atoms with Crippen molar-refractivity contribution >= 4 is 52.5 Å². The van der Waals surface area contributed by atoms with Crippen molar-refractivity contribution in [3.63, 3.8) is 0 Å². The average molecular weight is 1130 g/mol. The second kappa shape index (κ2) is 25.7. The first-order valence-electron chi connectivity index (χ1n) is 27.3. The van der Waals surface area contributed by atoms with Crippen molar-refractivity contribution in [3.05, 3.63) is 87.9 Å². The van der Waals surface area contributed by atoms with Crippen LogP contribution >= 0.6 is 11.3 Å². The van der Waals surface area contributed by atoms with Gasteiger partial charge in [-0.2, -0.15) is 10.2 Å². The van der Waals surface area contributed by atoms with Gasteiger partial charge in [-0.3, -0.25) is 28.5 Å². The number of thiazole rings is 1. The number of rotatable bonds is 20. The number of aryl methyl sites for hydroxylation is 2. The fraction of sp³-hybridized carbons (Fsp3) is 0.536. The summed E-state index contributed by atoms with van der Waals surface area (Å²) in [6.07, 6.45) is 3.09. The molecule has 9 rings (SSSR count). The largest absolute Gasteiger partial charge is 0.391 e. The number of hydrogen-bond donors (Lipinski definition) is 5. The van der Waals surface area contributed by atoms with Gasteiger partial charge in [0, 0.05) is 100 Å². The second-order valence-electron chi connectivity index (χ2n) is 21.8. The Labute approximate surface area is 467 Å². The molecule has 2 fully saturated rings. The van der Waals surface area contributed by atoms with Gasteiger partial charge in [0.2, 0.25) is 23.6 Å². The summed E-state index contributed by atoms with van der Waals surface area (Å²) in [6.45, 7) is 10.2. The van der Waals surface area contributed by atoms with Crippen LogP contribution in [0, 0.1) is 12.3 Å². The van der Waals surface area contributed by atoms with Crippen LogP contribution in [0.15, 0.2) is 54.3 Å². The van der Waals surface area contributed by atoms with Crippen LogP contribution in [0.5, 0.6) is 0 Å². The summed E-state index contributed by atoms with van der Waals surface area (Å²) < 4.78 is 50.4. The smallest absolute Gasteiger partial charge is 0.317 e. The molecular weight excluding hydrogens is 1050 g/mol. The van der Waals surface area contributed by atoms with Gasteiger partial charge < -0.3 is 55.3 Å². The molecule has 4 aliphatic rings. The predicted molar refractivity (Wildman–Crippen MR) is 294 cm³/mol. The normalized spacial score (nSPS) is 18.0. The molecule has 80 heavy (non-hydrogen) atoms. The highest BCUT2D eigenvalue weighted by molar-refractivity contribution is 7.13. The first-order valence-corrected chi connectivity index (χ1v) is 28.2. The van der Waals surface area contributed by atoms with Crippen LogP contribution in [0.4, 0.5) is 25.1 Å². The summed E-state index contributed by atoms with van der Waals surface area (Å²) in [7, 11) is 1.61. The van der Waals surface area contributed by atoms with E-state index in [0.717, 1.165) is 57.8 Å². The molecule has 0 spiro atoms. The molecule has 24 heteroatoms. The van der Waals surface area contributed by atoms with Crippen molar-refractivity contribution in [1.82, 2.24) is 55.6 Å². The summed E-state index contributed by atoms with van der Waals surface area (Å²) in [5, 5.41) is 31.3. The Balaban J connectivity index is 0.721. The zero-order chi connectivity index (χ0) is 56.7. The predicted octanol–water partition coefficient (Wildman–Crippen LogP) is 5.21. The number of urea groups is 1. The van der Waals surface area contributed by atoms with Crippen LogP contribution in [0.25, 0.3) is 21.6 Å². The molecule has 4 aliphatic heterocycles. The number of amides is 6. The quantitative estimate of drug-likeness (QED) is 0.0631. The monoisotopic (exact) mass is 1130 g/mol. The average Bonchev–Trinajstić information content (AvgIpc) is 4.33. The first kappa shape index (κ1) is 57.8. The number of hydrogen-bond acceptors (Lipinski definition) is 14. The minimum atomic E-state index is -2.81. The number of aliphatic hydroxyl groups excluding tert-OH is 1. The van der Waals surface area contributed by atoms with Gasteiger partial charge in [0.05, 0.1) is 60.8 Å². The molecule has 0 bridgehead atoms. The number of nitrogens with one attached hydrogen (secondary N) is 4. The third-order valence-electron chi connectivity index (χ3n) is 15.1. The Morgan fingerprint density at radius 1 is 0.963 bits per heavy atom. The Hall–Kier alpha value is -6.86. The number of carbonyl (C=O) groups excluding carboxylic acids is 5. The number of anilines is 2. The number of aromatic nitrogens is 5. The lowest BCUT2D eigenvalue weighted by molar-refractivity contribution is -0.144. The van der Waals surface area contributed by atoms with Gasteiger partial charge in [-0.05, 0) is 72.4 Å². The number of likely N-dealkylation sites (tertiary alicyclic amines) is 1. The molecule has 5 aromatic rings. The Morgan fingerprint density at radius 3 is 2.46 bits per heavy atom. The van der Waals surface area contributed by atoms with E-state index in [1.54, 1.807) is 67.9 Å². The maximum Gasteiger partial charge on any atom is 0.317 e. The fourth-order valence-electron chi connectivity index (χ4n) is 10.9. The number of benzene rings is 2. The molecule has 2 saturated heterocycles. The number of β-amino-alcohol motifs (C(OH)–C–C–N with tert-alkyl or cyclic N) is 1. The van der Waals surface area contributed by atoms with Crippen molar-refractivity contribution in [2.75, 3.05) is 77.8 Å². The number of carbonyl (C=O) groups is 5. The molecule has 2 aromatic carbocycles. The van der Waals surface area contributed by atoms with Gasteiger partial charge in [-0.15, -0.1) is 11.3 Å². The maximum atomic E-state index is 15.1. The Kier molecular flexibility index (Phi) is 18.6. The standard InChI is InChI=1S/C56H72F2N12O9S/c1-34-49(80-33-62-34)36-10-8-35(9-11-36)26-61-53(74)46-24-40(71)29-69(46)54(75)50(56(2,3)4)64-48(73)32-79-22-21-78-20-15-60-47(72)31-67-28-38(27-63-67)41-23-37-7-6-16-68(45(37)25-42(41)51(57)58)52-43-30-66(55(76)59-5)17-12-44(43)70(65-52)39-13-18-77-19-14-39/h8-11,23,25,27-28,33,39-40,46,50-51,71H,6-7,12-22,24,26,29-32H2,1-5H3,(H,59,76)(H,60,72)(H,61,74)(H,64,73)/t40-,46+,50-/m1/s1. The van der Waals surface area contributed by atoms with E-state index >= 15 is 8.78 Å². The molecular formula is C56H72F2N12O9S. The lowest BCUT2D eigenvalue weighted by Gasteiger charge is -2.35. The van der Waals surface area contributed by atoms with Crippen molar-refractivity contribution in [2.45, 2.75) is 117 Å². The summed E-state index contributed by atoms with van der Waals surface area (Å²) in [5.74, 6) is -1.12. The summed E-state index contributed by atoms with van der Waals surface area (Å²) >= 11 is 1.56. The molecule has 6 amide bonds. The van der Waals surface area contributed by atoms with Gasteiger partial charge in [0.15, 0.2) is 5.82 Å². The summed E-state index contributed by atoms with van der Waals surface area (Å²) in [6, 6.07) is 9.16. The van der Waals surface area contributed by atoms with E-state index in [0.29, 0.717) is 68.3 Å². The lowest BCUT2D eigenvalue weighted by atomic mass is 9.85. The Morgan fingerprint density at radius 2 is 1.74 bits per heavy atom. The van der Waals surface area contributed by atoms with E-state index < -0.39 is 47.7 Å². The fourth-order valence-corrected chi connectivity index (χ4v) is 11.7. The van der Waals surface area contributed by atoms with Crippen molar-refractivity contribution in [2.24, 2.45) is 5.41 Å². The lowest BCUT2D eigenvalue weighted by Crippen LogP contribution is -2.58. The third kappa shape index (κ3) is 13.5. The van der Waals surface area contributed by atoms with Gasteiger partial charge in [0.25, 0.3) is 6.43 Å². The topological polar surface area (TPSA) is 240 Å². The number of fused-ring (bicyclic) bond motifs is 2. The van der Waals surface area contributed by atoms with Crippen LogP contribution in [0.3, 0.4) is 0 Å². The maximum absolute atomic E-state index is 15.1. The molecule has 430 valence electrons. The van der Waals surface area contributed by atoms with Crippen molar-refractivity contribution < 1.29 is 52.1 Å². The van der Waals surface area contributed by atoms with Gasteiger partial charge in [0.1, 0.15) is 25.2 Å². The number of aliphatic hydroxyl groups is 1. The third-order valence-corrected chi connectivity index (χ3v) is 16.1. The SMILES string of the molecule is CNC(=O)N1CCc2c(c(N3CCCc4cc(-c5cnn(CC(=O)NCCOCCOCC(=O)N[C@H](C(=O)N6C[C@H](O)C[C@H]6C(=O)NCc6ccc(-c7scnc7C)cc6)C(C)(C)C)c5)c(C(F)F)cc43)nn2C2CCOCC2)C1. The van der Waals surface area contributed by atoms with Crippen LogP contribution < -0.4 is 26.2 Å². The summed E-state index contributed by atoms with van der Waals surface area (Å²) in [5.41, 5.74) is 8.05. The van der Waals surface area contributed by atoms with Crippen molar-refractivity contribution in [3.8, 4) is 21.6 Å². The highest BCUT2D eigenvalue weighted by Gasteiger charge is 2.45. The number of alkyl halides is 2. The van der Waals surface area contributed by atoms with Crippen LogP contribution in [-0.4, -0.2) is 160 Å². The first-order chi connectivity index (χ1) is 38.5. The van der Waals surface area contributed by atoms with E-state index in [1.807, 2.05) is 36.1 Å². The van der Waals surface area contributed by atoms with Gasteiger partial charge in [-0.25, -0.2) is 18.6 Å². The number of ether oxygens (including phenoxy) is 3. The number of nitrogens with zero attached hydrogens (tertiary/aromatic N) is 8. The molecule has 7 heterocycles. The Bertz CT molecular complexity index is 3010. The molecule has 0 unspecified atom stereocenters. The molecule has 0 radical (unpaired) electrons. The molecule has 0 saturated carbocycles. The van der Waals surface area contributed by atoms with E-state index in [9.17, 15) is 29.1 Å². The highest BCUT2D eigenvalue weighted by atomic mass is 32.1. The summed E-state index contributed by atoms with van der Waals surface area (Å²) in [4.78, 5) is 76.9. The molecule has 3 atom stereocenters. The number of halogens is 2. The van der Waals surface area contributed by atoms with E-state index in [1.165, 1.54) is 15.8 Å². The molecule has 3 aromatic heterocycles. The minimum Gasteiger partial charge on any atom is -0.391 e. The van der Waals surface area contributed by atoms with Crippen molar-refractivity contribution in [1.29, 1.82) is 0 Å². The van der Waals surface area contributed by atoms with Gasteiger partial charge in [-0.1, -0.05) is 45.0 Å². The van der Waals surface area contributed by atoms with E-state index in [-0.39, 0.29) is 82.6 Å². The molecule has 5 N–H and O–H groups in total.